The van der Waals surface area contributed by atoms with Crippen LogP contribution < -0.4 is 4.90 Å². The van der Waals surface area contributed by atoms with Crippen molar-refractivity contribution in [2.75, 3.05) is 18.0 Å². The largest absolute Gasteiger partial charge is 0.356 e. The first-order chi connectivity index (χ1) is 12.8. The summed E-state index contributed by atoms with van der Waals surface area (Å²) >= 11 is 0. The smallest absolute Gasteiger partial charge is 0.142 e. The van der Waals surface area contributed by atoms with Gasteiger partial charge in [-0.1, -0.05) is 12.1 Å². The Morgan fingerprint density at radius 2 is 2.15 bits per heavy atom. The molecule has 0 N–H and O–H groups in total. The van der Waals surface area contributed by atoms with Crippen LogP contribution in [-0.2, 0) is 6.54 Å². The molecule has 1 saturated heterocycles. The number of hydrogen-bond acceptors (Lipinski definition) is 5. The van der Waals surface area contributed by atoms with E-state index in [9.17, 15) is 0 Å². The van der Waals surface area contributed by atoms with Crippen molar-refractivity contribution in [2.45, 2.75) is 25.3 Å². The van der Waals surface area contributed by atoms with Gasteiger partial charge in [-0.2, -0.15) is 5.26 Å². The minimum absolute atomic E-state index is 0.350. The molecule has 0 amide bonds. The average molecular weight is 344 g/mol. The molecule has 130 valence electrons. The van der Waals surface area contributed by atoms with Gasteiger partial charge in [0.1, 0.15) is 23.4 Å². The molecule has 3 aromatic heterocycles. The Hall–Kier alpha value is -3.20. The Kier molecular flexibility index (Phi) is 4.61. The highest BCUT2D eigenvalue weighted by Gasteiger charge is 2.25. The SMILES string of the molecule is N#Cc1cccc(N2CCC[C@@H](c3nccn3Cc3cccnc3)C2)n1. The van der Waals surface area contributed by atoms with Crippen LogP contribution in [0.15, 0.2) is 55.1 Å². The Morgan fingerprint density at radius 3 is 3.00 bits per heavy atom. The highest BCUT2D eigenvalue weighted by molar-refractivity contribution is 5.42. The van der Waals surface area contributed by atoms with E-state index in [4.69, 9.17) is 5.26 Å². The van der Waals surface area contributed by atoms with Crippen molar-refractivity contribution in [3.63, 3.8) is 0 Å². The van der Waals surface area contributed by atoms with Crippen LogP contribution in [0, 0.1) is 11.3 Å². The van der Waals surface area contributed by atoms with E-state index in [0.717, 1.165) is 44.1 Å². The average Bonchev–Trinajstić information content (AvgIpc) is 3.17. The van der Waals surface area contributed by atoms with Crippen LogP contribution >= 0.6 is 0 Å². The fourth-order valence-electron chi connectivity index (χ4n) is 3.56. The highest BCUT2D eigenvalue weighted by Crippen LogP contribution is 2.28. The van der Waals surface area contributed by atoms with Gasteiger partial charge in [0.15, 0.2) is 0 Å². The standard InChI is InChI=1S/C20H20N6/c21-12-18-6-1-7-19(24-18)25-10-3-5-17(15-25)20-23-9-11-26(20)14-16-4-2-8-22-13-16/h1-2,4,6-9,11,13,17H,3,5,10,14-15H2/t17-/m1/s1. The molecule has 0 bridgehead atoms. The fourth-order valence-corrected chi connectivity index (χ4v) is 3.56. The van der Waals surface area contributed by atoms with E-state index in [-0.39, 0.29) is 0 Å². The summed E-state index contributed by atoms with van der Waals surface area (Å²) in [5.74, 6) is 2.33. The topological polar surface area (TPSA) is 70.6 Å². The molecule has 4 rings (SSSR count). The predicted octanol–water partition coefficient (Wildman–Crippen LogP) is 2.98. The minimum Gasteiger partial charge on any atom is -0.356 e. The third-order valence-electron chi connectivity index (χ3n) is 4.78. The molecule has 1 atom stereocenters. The quantitative estimate of drug-likeness (QED) is 0.728. The number of anilines is 1. The van der Waals surface area contributed by atoms with E-state index in [1.165, 1.54) is 5.56 Å². The maximum absolute atomic E-state index is 9.09. The zero-order valence-corrected chi connectivity index (χ0v) is 14.5. The molecule has 3 aromatic rings. The van der Waals surface area contributed by atoms with Crippen molar-refractivity contribution in [1.82, 2.24) is 19.5 Å². The molecule has 0 aromatic carbocycles. The van der Waals surface area contributed by atoms with Crippen LogP contribution in [0.25, 0.3) is 0 Å². The summed E-state index contributed by atoms with van der Waals surface area (Å²) in [6, 6.07) is 11.8. The molecule has 0 spiro atoms. The molecule has 6 nitrogen and oxygen atoms in total. The van der Waals surface area contributed by atoms with Crippen molar-refractivity contribution >= 4 is 5.82 Å². The van der Waals surface area contributed by atoms with Gasteiger partial charge < -0.3 is 9.47 Å². The summed E-state index contributed by atoms with van der Waals surface area (Å²) in [5, 5.41) is 9.09. The summed E-state index contributed by atoms with van der Waals surface area (Å²) < 4.78 is 2.21. The van der Waals surface area contributed by atoms with Gasteiger partial charge in [-0.15, -0.1) is 0 Å². The minimum atomic E-state index is 0.350. The highest BCUT2D eigenvalue weighted by atomic mass is 15.2. The first-order valence-electron chi connectivity index (χ1n) is 8.85. The predicted molar refractivity (Wildman–Crippen MR) is 98.7 cm³/mol. The molecular formula is C20H20N6. The van der Waals surface area contributed by atoms with Crippen LogP contribution in [0.5, 0.6) is 0 Å². The van der Waals surface area contributed by atoms with E-state index in [1.54, 1.807) is 12.3 Å². The van der Waals surface area contributed by atoms with E-state index < -0.39 is 0 Å². The second-order valence-electron chi connectivity index (χ2n) is 6.55. The van der Waals surface area contributed by atoms with Gasteiger partial charge in [0.05, 0.1) is 6.54 Å². The molecule has 1 aliphatic rings. The first-order valence-corrected chi connectivity index (χ1v) is 8.85. The van der Waals surface area contributed by atoms with E-state index in [2.05, 4.69) is 36.6 Å². The van der Waals surface area contributed by atoms with Gasteiger partial charge in [-0.25, -0.2) is 9.97 Å². The van der Waals surface area contributed by atoms with E-state index in [1.807, 2.05) is 36.8 Å². The van der Waals surface area contributed by atoms with Crippen molar-refractivity contribution in [1.29, 1.82) is 5.26 Å². The van der Waals surface area contributed by atoms with Crippen molar-refractivity contribution in [3.8, 4) is 6.07 Å². The number of imidazole rings is 1. The molecule has 6 heteroatoms. The van der Waals surface area contributed by atoms with Crippen molar-refractivity contribution in [2.24, 2.45) is 0 Å². The fraction of sp³-hybridized carbons (Fsp3) is 0.300. The Balaban J connectivity index is 1.53. The number of aromatic nitrogens is 4. The summed E-state index contributed by atoms with van der Waals surface area (Å²) in [6.45, 7) is 2.61. The molecule has 1 aliphatic heterocycles. The Morgan fingerprint density at radius 1 is 1.19 bits per heavy atom. The molecule has 26 heavy (non-hydrogen) atoms. The summed E-state index contributed by atoms with van der Waals surface area (Å²) in [5.41, 5.74) is 1.63. The zero-order chi connectivity index (χ0) is 17.8. The molecule has 0 saturated carbocycles. The Bertz CT molecular complexity index is 911. The van der Waals surface area contributed by atoms with Gasteiger partial charge >= 0.3 is 0 Å². The van der Waals surface area contributed by atoms with Crippen molar-refractivity contribution in [3.05, 3.63) is 72.2 Å². The third kappa shape index (κ3) is 3.42. The molecule has 1 fully saturated rings. The van der Waals surface area contributed by atoms with Gasteiger partial charge in [-0.05, 0) is 36.6 Å². The van der Waals surface area contributed by atoms with Crippen LogP contribution in [0.3, 0.4) is 0 Å². The summed E-state index contributed by atoms with van der Waals surface area (Å²) in [6.07, 6.45) is 9.80. The van der Waals surface area contributed by atoms with Crippen molar-refractivity contribution < 1.29 is 0 Å². The monoisotopic (exact) mass is 344 g/mol. The molecule has 4 heterocycles. The summed E-state index contributed by atoms with van der Waals surface area (Å²) in [4.78, 5) is 15.6. The second kappa shape index (κ2) is 7.36. The lowest BCUT2D eigenvalue weighted by Gasteiger charge is -2.33. The number of nitriles is 1. The molecule has 0 radical (unpaired) electrons. The zero-order valence-electron chi connectivity index (χ0n) is 14.5. The first kappa shape index (κ1) is 16.3. The van der Waals surface area contributed by atoms with Crippen LogP contribution in [0.1, 0.15) is 35.8 Å². The van der Waals surface area contributed by atoms with Gasteiger partial charge in [0.25, 0.3) is 0 Å². The lowest BCUT2D eigenvalue weighted by Crippen LogP contribution is -2.36. The third-order valence-corrected chi connectivity index (χ3v) is 4.78. The van der Waals surface area contributed by atoms with E-state index >= 15 is 0 Å². The normalized spacial score (nSPS) is 17.0. The van der Waals surface area contributed by atoms with Crippen LogP contribution in [0.2, 0.25) is 0 Å². The van der Waals surface area contributed by atoms with Crippen LogP contribution in [-0.4, -0.2) is 32.6 Å². The summed E-state index contributed by atoms with van der Waals surface area (Å²) in [7, 11) is 0. The number of pyridine rings is 2. The Labute approximate surface area is 152 Å². The number of hydrogen-bond donors (Lipinski definition) is 0. The molecule has 0 aliphatic carbocycles. The van der Waals surface area contributed by atoms with Gasteiger partial charge in [0, 0.05) is 43.8 Å². The van der Waals surface area contributed by atoms with Gasteiger partial charge in [-0.3, -0.25) is 4.98 Å². The molecular weight excluding hydrogens is 324 g/mol. The van der Waals surface area contributed by atoms with Crippen LogP contribution in [0.4, 0.5) is 5.82 Å². The second-order valence-corrected chi connectivity index (χ2v) is 6.55. The maximum Gasteiger partial charge on any atom is 0.142 e. The van der Waals surface area contributed by atoms with E-state index in [0.29, 0.717) is 11.6 Å². The number of nitrogens with zero attached hydrogens (tertiary/aromatic N) is 6. The lowest BCUT2D eigenvalue weighted by molar-refractivity contribution is 0.474. The maximum atomic E-state index is 9.09. The van der Waals surface area contributed by atoms with Gasteiger partial charge in [0.2, 0.25) is 0 Å². The number of rotatable bonds is 4. The molecule has 0 unspecified atom stereocenters. The number of piperidine rings is 1. The lowest BCUT2D eigenvalue weighted by atomic mass is 9.97.